The highest BCUT2D eigenvalue weighted by atomic mass is 79.9. The molecule has 2 aromatic rings. The van der Waals surface area contributed by atoms with E-state index >= 15 is 0 Å². The maximum Gasteiger partial charge on any atom is 0.0624 e. The van der Waals surface area contributed by atoms with Gasteiger partial charge in [0.1, 0.15) is 0 Å². The molecule has 3 nitrogen and oxygen atoms in total. The highest BCUT2D eigenvalue weighted by Gasteiger charge is 2.15. The molecule has 0 saturated carbocycles. The molecule has 1 atom stereocenters. The summed E-state index contributed by atoms with van der Waals surface area (Å²) in [5, 5.41) is 7.84. The number of nitrogens with zero attached hydrogens (tertiary/aromatic N) is 2. The lowest BCUT2D eigenvalue weighted by Crippen LogP contribution is -2.20. The van der Waals surface area contributed by atoms with Crippen LogP contribution in [0.5, 0.6) is 0 Å². The Kier molecular flexibility index (Phi) is 5.38. The van der Waals surface area contributed by atoms with Crippen molar-refractivity contribution in [2.75, 3.05) is 13.6 Å². The second-order valence-electron chi connectivity index (χ2n) is 5.12. The van der Waals surface area contributed by atoms with Crippen LogP contribution in [-0.4, -0.2) is 23.4 Å². The average molecular weight is 336 g/mol. The fourth-order valence-corrected chi connectivity index (χ4v) is 2.92. The van der Waals surface area contributed by atoms with E-state index in [0.717, 1.165) is 23.9 Å². The van der Waals surface area contributed by atoms with E-state index in [1.54, 1.807) is 0 Å². The highest BCUT2D eigenvalue weighted by Crippen LogP contribution is 2.23. The number of aromatic nitrogens is 2. The number of halogens is 1. The van der Waals surface area contributed by atoms with E-state index in [4.69, 9.17) is 0 Å². The number of benzene rings is 1. The van der Waals surface area contributed by atoms with Gasteiger partial charge < -0.3 is 5.32 Å². The Morgan fingerprint density at radius 3 is 2.75 bits per heavy atom. The van der Waals surface area contributed by atoms with Crippen LogP contribution in [0, 0.1) is 0 Å². The van der Waals surface area contributed by atoms with Gasteiger partial charge in [-0.2, -0.15) is 5.10 Å². The molecule has 1 N–H and O–H groups in total. The number of rotatable bonds is 6. The maximum atomic E-state index is 4.54. The van der Waals surface area contributed by atoms with Crippen molar-refractivity contribution in [3.05, 3.63) is 51.8 Å². The number of hydrogen-bond acceptors (Lipinski definition) is 2. The molecule has 0 aliphatic carbocycles. The zero-order valence-electron chi connectivity index (χ0n) is 12.4. The van der Waals surface area contributed by atoms with Crippen molar-refractivity contribution >= 4 is 15.9 Å². The first-order valence-electron chi connectivity index (χ1n) is 7.06. The predicted molar refractivity (Wildman–Crippen MR) is 87.1 cm³/mol. The van der Waals surface area contributed by atoms with E-state index in [1.807, 2.05) is 18.8 Å². The molecule has 2 rings (SSSR count). The van der Waals surface area contributed by atoms with Gasteiger partial charge >= 0.3 is 0 Å². The fraction of sp³-hybridized carbons (Fsp3) is 0.438. The van der Waals surface area contributed by atoms with Crippen LogP contribution in [0.15, 0.2) is 34.8 Å². The molecule has 1 aromatic heterocycles. The Labute approximate surface area is 129 Å². The van der Waals surface area contributed by atoms with Crippen LogP contribution < -0.4 is 5.32 Å². The zero-order chi connectivity index (χ0) is 14.5. The smallest absolute Gasteiger partial charge is 0.0624 e. The molecule has 0 fully saturated rings. The van der Waals surface area contributed by atoms with Crippen LogP contribution in [0.2, 0.25) is 0 Å². The summed E-state index contributed by atoms with van der Waals surface area (Å²) in [5.41, 5.74) is 3.81. The number of nitrogens with one attached hydrogen (secondary N) is 1. The topological polar surface area (TPSA) is 29.9 Å². The summed E-state index contributed by atoms with van der Waals surface area (Å²) in [6.45, 7) is 3.11. The van der Waals surface area contributed by atoms with Crippen molar-refractivity contribution in [2.45, 2.75) is 25.7 Å². The van der Waals surface area contributed by atoms with E-state index < -0.39 is 0 Å². The Morgan fingerprint density at radius 1 is 1.35 bits per heavy atom. The summed E-state index contributed by atoms with van der Waals surface area (Å²) < 4.78 is 3.15. The molecule has 108 valence electrons. The Morgan fingerprint density at radius 2 is 2.15 bits per heavy atom. The van der Waals surface area contributed by atoms with Crippen molar-refractivity contribution < 1.29 is 0 Å². The first-order valence-corrected chi connectivity index (χ1v) is 7.85. The molecule has 1 heterocycles. The van der Waals surface area contributed by atoms with Gasteiger partial charge in [0.2, 0.25) is 0 Å². The normalized spacial score (nSPS) is 12.6. The van der Waals surface area contributed by atoms with Gasteiger partial charge in [-0.05, 0) is 43.7 Å². The molecular weight excluding hydrogens is 314 g/mol. The van der Waals surface area contributed by atoms with Gasteiger partial charge in [-0.1, -0.05) is 35.0 Å². The van der Waals surface area contributed by atoms with Gasteiger partial charge in [0.25, 0.3) is 0 Å². The summed E-state index contributed by atoms with van der Waals surface area (Å²) in [6, 6.07) is 10.8. The maximum absolute atomic E-state index is 4.54. The number of hydrogen-bond donors (Lipinski definition) is 1. The van der Waals surface area contributed by atoms with Crippen LogP contribution in [-0.2, 0) is 19.9 Å². The van der Waals surface area contributed by atoms with Crippen LogP contribution in [0.1, 0.15) is 29.8 Å². The van der Waals surface area contributed by atoms with Crippen molar-refractivity contribution in [3.63, 3.8) is 0 Å². The summed E-state index contributed by atoms with van der Waals surface area (Å²) in [5.74, 6) is 0.456. The largest absolute Gasteiger partial charge is 0.319 e. The van der Waals surface area contributed by atoms with Crippen LogP contribution in [0.25, 0.3) is 0 Å². The van der Waals surface area contributed by atoms with E-state index in [-0.39, 0.29) is 0 Å². The lowest BCUT2D eigenvalue weighted by Gasteiger charge is -2.17. The van der Waals surface area contributed by atoms with Gasteiger partial charge in [-0.25, -0.2) is 0 Å². The van der Waals surface area contributed by atoms with E-state index in [2.05, 4.69) is 63.6 Å². The lowest BCUT2D eigenvalue weighted by molar-refractivity contribution is 0.590. The molecular formula is C16H22BrN3. The third kappa shape index (κ3) is 3.70. The number of aryl methyl sites for hydroxylation is 2. The summed E-state index contributed by atoms with van der Waals surface area (Å²) in [6.07, 6.45) is 1.99. The molecule has 0 bridgehead atoms. The molecule has 0 radical (unpaired) electrons. The first-order chi connectivity index (χ1) is 9.63. The van der Waals surface area contributed by atoms with Gasteiger partial charge in [0, 0.05) is 29.7 Å². The van der Waals surface area contributed by atoms with E-state index in [0.29, 0.717) is 5.92 Å². The minimum atomic E-state index is 0.456. The second kappa shape index (κ2) is 7.04. The van der Waals surface area contributed by atoms with Gasteiger partial charge in [0.15, 0.2) is 0 Å². The number of likely N-dealkylation sites (N-methyl/N-ethyl adjacent to an activating group) is 1. The van der Waals surface area contributed by atoms with Crippen molar-refractivity contribution in [3.8, 4) is 0 Å². The summed E-state index contributed by atoms with van der Waals surface area (Å²) >= 11 is 3.56. The van der Waals surface area contributed by atoms with Gasteiger partial charge in [-0.3, -0.25) is 4.68 Å². The third-order valence-electron chi connectivity index (χ3n) is 3.62. The van der Waals surface area contributed by atoms with Crippen LogP contribution in [0.4, 0.5) is 0 Å². The Balaban J connectivity index is 2.22. The molecule has 0 aliphatic heterocycles. The van der Waals surface area contributed by atoms with Crippen molar-refractivity contribution in [1.82, 2.24) is 15.1 Å². The van der Waals surface area contributed by atoms with Crippen LogP contribution >= 0.6 is 15.9 Å². The zero-order valence-corrected chi connectivity index (χ0v) is 13.9. The van der Waals surface area contributed by atoms with Crippen molar-refractivity contribution in [2.24, 2.45) is 7.05 Å². The average Bonchev–Trinajstić information content (AvgIpc) is 2.79. The molecule has 20 heavy (non-hydrogen) atoms. The summed E-state index contributed by atoms with van der Waals surface area (Å²) in [7, 11) is 4.04. The molecule has 1 unspecified atom stereocenters. The second-order valence-corrected chi connectivity index (χ2v) is 6.03. The molecule has 1 aromatic carbocycles. The van der Waals surface area contributed by atoms with Crippen LogP contribution in [0.3, 0.4) is 0 Å². The molecule has 4 heteroatoms. The van der Waals surface area contributed by atoms with Gasteiger partial charge in [-0.15, -0.1) is 0 Å². The SMILES string of the molecule is CCc1cc(CC(CNC)c2cccc(Br)c2)n(C)n1. The third-order valence-corrected chi connectivity index (χ3v) is 4.11. The fourth-order valence-electron chi connectivity index (χ4n) is 2.50. The molecule has 0 aliphatic rings. The molecule has 0 saturated heterocycles. The monoisotopic (exact) mass is 335 g/mol. The van der Waals surface area contributed by atoms with Gasteiger partial charge in [0.05, 0.1) is 5.69 Å². The molecule has 0 amide bonds. The highest BCUT2D eigenvalue weighted by molar-refractivity contribution is 9.10. The Hall–Kier alpha value is -1.13. The predicted octanol–water partition coefficient (Wildman–Crippen LogP) is 3.29. The first kappa shape index (κ1) is 15.3. The standard InChI is InChI=1S/C16H22BrN3/c1-4-15-10-16(20(3)19-15)9-13(11-18-2)12-6-5-7-14(17)8-12/h5-8,10,13,18H,4,9,11H2,1-3H3. The minimum Gasteiger partial charge on any atom is -0.319 e. The minimum absolute atomic E-state index is 0.456. The summed E-state index contributed by atoms with van der Waals surface area (Å²) in [4.78, 5) is 0. The lowest BCUT2D eigenvalue weighted by atomic mass is 9.94. The Bertz CT molecular complexity index is 563. The van der Waals surface area contributed by atoms with E-state index in [9.17, 15) is 0 Å². The van der Waals surface area contributed by atoms with Crippen molar-refractivity contribution in [1.29, 1.82) is 0 Å². The van der Waals surface area contributed by atoms with E-state index in [1.165, 1.54) is 17.0 Å². The molecule has 0 spiro atoms. The quantitative estimate of drug-likeness (QED) is 0.877.